The largest absolute Gasteiger partial charge is 0.496 e. The molecule has 0 bridgehead atoms. The van der Waals surface area contributed by atoms with Crippen LogP contribution in [-0.2, 0) is 12.8 Å². The summed E-state index contributed by atoms with van der Waals surface area (Å²) in [5, 5.41) is 8.76. The van der Waals surface area contributed by atoms with E-state index >= 15 is 0 Å². The van der Waals surface area contributed by atoms with Crippen LogP contribution in [0, 0.1) is 16.7 Å². The Hall–Kier alpha value is -1.49. The summed E-state index contributed by atoms with van der Waals surface area (Å²) in [4.78, 5) is 0. The van der Waals surface area contributed by atoms with Crippen LogP contribution in [0.4, 0.5) is 0 Å². The molecule has 2 nitrogen and oxygen atoms in total. The SMILES string of the molecule is COc1ccc(CC(C)(C)C)cc1CC#N. The summed E-state index contributed by atoms with van der Waals surface area (Å²) in [5.41, 5.74) is 2.50. The summed E-state index contributed by atoms with van der Waals surface area (Å²) < 4.78 is 5.23. The highest BCUT2D eigenvalue weighted by Gasteiger charge is 2.12. The van der Waals surface area contributed by atoms with E-state index in [9.17, 15) is 0 Å². The predicted molar refractivity (Wildman–Crippen MR) is 65.5 cm³/mol. The highest BCUT2D eigenvalue weighted by Crippen LogP contribution is 2.25. The number of hydrogen-bond acceptors (Lipinski definition) is 2. The number of hydrogen-bond donors (Lipinski definition) is 0. The Morgan fingerprint density at radius 1 is 1.31 bits per heavy atom. The monoisotopic (exact) mass is 217 g/mol. The third-order valence-electron chi connectivity index (χ3n) is 2.35. The van der Waals surface area contributed by atoms with Gasteiger partial charge in [-0.2, -0.15) is 5.26 Å². The van der Waals surface area contributed by atoms with Gasteiger partial charge in [-0.15, -0.1) is 0 Å². The standard InChI is InChI=1S/C14H19NO/c1-14(2,3)10-11-5-6-13(16-4)12(9-11)7-8-15/h5-6,9H,7,10H2,1-4H3. The van der Waals surface area contributed by atoms with Crippen molar-refractivity contribution in [1.29, 1.82) is 5.26 Å². The topological polar surface area (TPSA) is 33.0 Å². The fraction of sp³-hybridized carbons (Fsp3) is 0.500. The summed E-state index contributed by atoms with van der Waals surface area (Å²) in [5.74, 6) is 0.805. The van der Waals surface area contributed by atoms with E-state index in [0.717, 1.165) is 17.7 Å². The van der Waals surface area contributed by atoms with Crippen molar-refractivity contribution in [2.45, 2.75) is 33.6 Å². The van der Waals surface area contributed by atoms with Gasteiger partial charge < -0.3 is 4.74 Å². The first kappa shape index (κ1) is 12.6. The van der Waals surface area contributed by atoms with E-state index in [4.69, 9.17) is 10.00 Å². The quantitative estimate of drug-likeness (QED) is 0.777. The third-order valence-corrected chi connectivity index (χ3v) is 2.35. The Bertz CT molecular complexity index is 396. The first-order valence-corrected chi connectivity index (χ1v) is 5.49. The first-order valence-electron chi connectivity index (χ1n) is 5.49. The van der Waals surface area contributed by atoms with Gasteiger partial charge in [0, 0.05) is 5.56 Å². The summed E-state index contributed by atoms with van der Waals surface area (Å²) in [6, 6.07) is 8.27. The Morgan fingerprint density at radius 3 is 2.50 bits per heavy atom. The first-order chi connectivity index (χ1) is 7.46. The van der Waals surface area contributed by atoms with E-state index in [-0.39, 0.29) is 5.41 Å². The van der Waals surface area contributed by atoms with Crippen LogP contribution in [0.5, 0.6) is 5.75 Å². The Morgan fingerprint density at radius 2 is 2.00 bits per heavy atom. The molecule has 86 valence electrons. The van der Waals surface area contributed by atoms with Crippen molar-refractivity contribution >= 4 is 0 Å². The average molecular weight is 217 g/mol. The van der Waals surface area contributed by atoms with Crippen molar-refractivity contribution in [1.82, 2.24) is 0 Å². The molecule has 0 unspecified atom stereocenters. The second-order valence-corrected chi connectivity index (χ2v) is 5.22. The zero-order chi connectivity index (χ0) is 12.2. The van der Waals surface area contributed by atoms with Gasteiger partial charge >= 0.3 is 0 Å². The molecular formula is C14H19NO. The number of nitriles is 1. The lowest BCUT2D eigenvalue weighted by atomic mass is 9.87. The van der Waals surface area contributed by atoms with Gasteiger partial charge in [-0.25, -0.2) is 0 Å². The lowest BCUT2D eigenvalue weighted by molar-refractivity contribution is 0.404. The van der Waals surface area contributed by atoms with Gasteiger partial charge in [0.05, 0.1) is 19.6 Å². The molecule has 0 saturated carbocycles. The van der Waals surface area contributed by atoms with Crippen LogP contribution in [-0.4, -0.2) is 7.11 Å². The molecule has 0 spiro atoms. The summed E-state index contributed by atoms with van der Waals surface area (Å²) >= 11 is 0. The van der Waals surface area contributed by atoms with Gasteiger partial charge in [-0.1, -0.05) is 32.9 Å². The van der Waals surface area contributed by atoms with Gasteiger partial charge in [0.2, 0.25) is 0 Å². The summed E-state index contributed by atoms with van der Waals surface area (Å²) in [7, 11) is 1.64. The Kier molecular flexibility index (Phi) is 3.95. The highest BCUT2D eigenvalue weighted by atomic mass is 16.5. The van der Waals surface area contributed by atoms with Crippen LogP contribution in [0.1, 0.15) is 31.9 Å². The number of benzene rings is 1. The number of rotatable bonds is 3. The zero-order valence-corrected chi connectivity index (χ0v) is 10.5. The molecule has 0 amide bonds. The lowest BCUT2D eigenvalue weighted by Crippen LogP contribution is -2.09. The second-order valence-electron chi connectivity index (χ2n) is 5.22. The highest BCUT2D eigenvalue weighted by molar-refractivity contribution is 5.39. The molecule has 1 rings (SSSR count). The third kappa shape index (κ3) is 3.58. The van der Waals surface area contributed by atoms with Crippen molar-refractivity contribution in [3.63, 3.8) is 0 Å². The van der Waals surface area contributed by atoms with Gasteiger partial charge in [-0.3, -0.25) is 0 Å². The van der Waals surface area contributed by atoms with Crippen molar-refractivity contribution < 1.29 is 4.74 Å². The fourth-order valence-electron chi connectivity index (χ4n) is 1.78. The maximum Gasteiger partial charge on any atom is 0.123 e. The maximum atomic E-state index is 8.76. The van der Waals surface area contributed by atoms with Gasteiger partial charge in [0.25, 0.3) is 0 Å². The molecule has 0 aliphatic carbocycles. The van der Waals surface area contributed by atoms with Crippen molar-refractivity contribution in [3.8, 4) is 11.8 Å². The molecule has 1 aromatic carbocycles. The minimum Gasteiger partial charge on any atom is -0.496 e. The minimum absolute atomic E-state index is 0.262. The van der Waals surface area contributed by atoms with Crippen LogP contribution in [0.25, 0.3) is 0 Å². The molecule has 0 N–H and O–H groups in total. The molecule has 0 radical (unpaired) electrons. The smallest absolute Gasteiger partial charge is 0.123 e. The number of nitrogens with zero attached hydrogens (tertiary/aromatic N) is 1. The van der Waals surface area contributed by atoms with Gasteiger partial charge in [0.15, 0.2) is 0 Å². The fourth-order valence-corrected chi connectivity index (χ4v) is 1.78. The van der Waals surface area contributed by atoms with E-state index < -0.39 is 0 Å². The Balaban J connectivity index is 2.98. The van der Waals surface area contributed by atoms with Gasteiger partial charge in [0.1, 0.15) is 5.75 Å². The van der Waals surface area contributed by atoms with E-state index in [2.05, 4.69) is 39.0 Å². The molecule has 0 heterocycles. The summed E-state index contributed by atoms with van der Waals surface area (Å²) in [6.45, 7) is 6.63. The van der Waals surface area contributed by atoms with Crippen LogP contribution >= 0.6 is 0 Å². The molecule has 2 heteroatoms. The molecular weight excluding hydrogens is 198 g/mol. The maximum absolute atomic E-state index is 8.76. The minimum atomic E-state index is 0.262. The lowest BCUT2D eigenvalue weighted by Gasteiger charge is -2.19. The van der Waals surface area contributed by atoms with E-state index in [1.54, 1.807) is 7.11 Å². The molecule has 0 aliphatic rings. The number of methoxy groups -OCH3 is 1. The zero-order valence-electron chi connectivity index (χ0n) is 10.5. The van der Waals surface area contributed by atoms with Crippen LogP contribution in [0.15, 0.2) is 18.2 Å². The molecule has 0 atom stereocenters. The predicted octanol–water partition coefficient (Wildman–Crippen LogP) is 3.35. The molecule has 0 aromatic heterocycles. The van der Waals surface area contributed by atoms with Crippen molar-refractivity contribution in [3.05, 3.63) is 29.3 Å². The van der Waals surface area contributed by atoms with Crippen molar-refractivity contribution in [2.75, 3.05) is 7.11 Å². The van der Waals surface area contributed by atoms with E-state index in [1.165, 1.54) is 5.56 Å². The molecule has 16 heavy (non-hydrogen) atoms. The van der Waals surface area contributed by atoms with E-state index in [1.807, 2.05) is 6.07 Å². The molecule has 0 fully saturated rings. The molecule has 1 aromatic rings. The van der Waals surface area contributed by atoms with Crippen LogP contribution in [0.2, 0.25) is 0 Å². The normalized spacial score (nSPS) is 10.9. The average Bonchev–Trinajstić information content (AvgIpc) is 2.16. The second kappa shape index (κ2) is 5.03. The van der Waals surface area contributed by atoms with E-state index in [0.29, 0.717) is 6.42 Å². The summed E-state index contributed by atoms with van der Waals surface area (Å²) in [6.07, 6.45) is 1.41. The van der Waals surface area contributed by atoms with Crippen LogP contribution < -0.4 is 4.74 Å². The number of ether oxygens (including phenoxy) is 1. The van der Waals surface area contributed by atoms with Crippen LogP contribution in [0.3, 0.4) is 0 Å². The van der Waals surface area contributed by atoms with Crippen molar-refractivity contribution in [2.24, 2.45) is 5.41 Å². The Labute approximate surface area is 97.9 Å². The molecule has 0 aliphatic heterocycles. The molecule has 0 saturated heterocycles. The van der Waals surface area contributed by atoms with Gasteiger partial charge in [-0.05, 0) is 23.5 Å².